The molecule has 0 aliphatic rings. The molecule has 0 aromatic carbocycles. The van der Waals surface area contributed by atoms with Crippen molar-refractivity contribution in [2.24, 2.45) is 0 Å². The van der Waals surface area contributed by atoms with Gasteiger partial charge in [0, 0.05) is 12.7 Å². The number of pyridine rings is 1. The van der Waals surface area contributed by atoms with E-state index in [0.717, 1.165) is 12.2 Å². The van der Waals surface area contributed by atoms with Gasteiger partial charge in [-0.3, -0.25) is 4.98 Å². The molecule has 1 rings (SSSR count). The number of nitrogens with zero attached hydrogens (tertiary/aromatic N) is 1. The van der Waals surface area contributed by atoms with Gasteiger partial charge in [-0.1, -0.05) is 27.2 Å². The highest BCUT2D eigenvalue weighted by Crippen LogP contribution is 2.26. The van der Waals surface area contributed by atoms with Crippen LogP contribution in [0.15, 0.2) is 6.20 Å². The summed E-state index contributed by atoms with van der Waals surface area (Å²) in [6.07, 6.45) is 4.45. The maximum Gasteiger partial charge on any atom is 0.0606 e. The van der Waals surface area contributed by atoms with Gasteiger partial charge >= 0.3 is 0 Å². The normalized spacial score (nSPS) is 10.9. The summed E-state index contributed by atoms with van der Waals surface area (Å²) in [5.41, 5.74) is 5.06. The quantitative estimate of drug-likeness (QED) is 0.758. The first-order valence-corrected chi connectivity index (χ1v) is 6.27. The lowest BCUT2D eigenvalue weighted by Gasteiger charge is -2.17. The Labute approximate surface area is 99.5 Å². The van der Waals surface area contributed by atoms with E-state index in [1.54, 1.807) is 0 Å². The van der Waals surface area contributed by atoms with Crippen molar-refractivity contribution in [3.05, 3.63) is 23.0 Å². The van der Waals surface area contributed by atoms with Gasteiger partial charge in [0.15, 0.2) is 0 Å². The fourth-order valence-electron chi connectivity index (χ4n) is 1.98. The number of hydrogen-bond donors (Lipinski definition) is 1. The fraction of sp³-hybridized carbons (Fsp3) is 0.643. The topological polar surface area (TPSA) is 24.9 Å². The molecule has 2 heteroatoms. The van der Waals surface area contributed by atoms with Crippen LogP contribution in [0.1, 0.15) is 56.4 Å². The van der Waals surface area contributed by atoms with Gasteiger partial charge < -0.3 is 5.32 Å². The largest absolute Gasteiger partial charge is 0.383 e. The molecule has 1 heterocycles. The number of aryl methyl sites for hydroxylation is 1. The van der Waals surface area contributed by atoms with Crippen LogP contribution in [-0.4, -0.2) is 11.5 Å². The molecule has 0 saturated heterocycles. The molecule has 1 aromatic rings. The molecule has 0 radical (unpaired) electrons. The first-order chi connectivity index (χ1) is 7.57. The lowest BCUT2D eigenvalue weighted by molar-refractivity contribution is 0.822. The summed E-state index contributed by atoms with van der Waals surface area (Å²) in [6, 6.07) is 0. The van der Waals surface area contributed by atoms with Crippen LogP contribution in [0.4, 0.5) is 5.69 Å². The Morgan fingerprint density at radius 2 is 2.00 bits per heavy atom. The molecule has 0 atom stereocenters. The molecule has 2 nitrogen and oxygen atoms in total. The predicted octanol–water partition coefficient (Wildman–Crippen LogP) is 4.03. The maximum absolute atomic E-state index is 4.48. The fourth-order valence-corrected chi connectivity index (χ4v) is 1.98. The molecule has 1 N–H and O–H groups in total. The number of anilines is 1. The molecule has 0 fully saturated rings. The SMILES string of the molecule is CCCCNc1c(C)ncc(C(C)C)c1C. The molecule has 0 aliphatic heterocycles. The molecule has 0 bridgehead atoms. The summed E-state index contributed by atoms with van der Waals surface area (Å²) in [7, 11) is 0. The molecule has 90 valence electrons. The second kappa shape index (κ2) is 5.88. The first kappa shape index (κ1) is 13.0. The zero-order valence-corrected chi connectivity index (χ0v) is 11.2. The van der Waals surface area contributed by atoms with Crippen LogP contribution in [0.5, 0.6) is 0 Å². The third kappa shape index (κ3) is 2.97. The number of hydrogen-bond acceptors (Lipinski definition) is 2. The van der Waals surface area contributed by atoms with E-state index < -0.39 is 0 Å². The maximum atomic E-state index is 4.48. The number of aromatic nitrogens is 1. The summed E-state index contributed by atoms with van der Waals surface area (Å²) in [4.78, 5) is 4.48. The smallest absolute Gasteiger partial charge is 0.0606 e. The van der Waals surface area contributed by atoms with Crippen molar-refractivity contribution in [2.45, 2.75) is 53.4 Å². The first-order valence-electron chi connectivity index (χ1n) is 6.27. The Morgan fingerprint density at radius 1 is 1.31 bits per heavy atom. The van der Waals surface area contributed by atoms with E-state index in [-0.39, 0.29) is 0 Å². The highest BCUT2D eigenvalue weighted by molar-refractivity contribution is 5.57. The lowest BCUT2D eigenvalue weighted by atomic mass is 9.98. The average molecular weight is 220 g/mol. The molecule has 0 aliphatic carbocycles. The average Bonchev–Trinajstić information content (AvgIpc) is 2.22. The second-order valence-corrected chi connectivity index (χ2v) is 4.73. The van der Waals surface area contributed by atoms with Gasteiger partial charge in [-0.2, -0.15) is 0 Å². The van der Waals surface area contributed by atoms with E-state index >= 15 is 0 Å². The van der Waals surface area contributed by atoms with Crippen LogP contribution >= 0.6 is 0 Å². The Bertz CT molecular complexity index is 343. The molecule has 0 amide bonds. The summed E-state index contributed by atoms with van der Waals surface area (Å²) in [5, 5.41) is 3.51. The minimum absolute atomic E-state index is 0.542. The van der Waals surface area contributed by atoms with Crippen molar-refractivity contribution in [1.82, 2.24) is 4.98 Å². The summed E-state index contributed by atoms with van der Waals surface area (Å²) < 4.78 is 0. The van der Waals surface area contributed by atoms with Gasteiger partial charge in [0.25, 0.3) is 0 Å². The van der Waals surface area contributed by atoms with E-state index in [9.17, 15) is 0 Å². The Balaban J connectivity index is 2.92. The second-order valence-electron chi connectivity index (χ2n) is 4.73. The Morgan fingerprint density at radius 3 is 2.56 bits per heavy atom. The van der Waals surface area contributed by atoms with E-state index in [4.69, 9.17) is 0 Å². The molecule has 0 saturated carbocycles. The van der Waals surface area contributed by atoms with E-state index in [1.165, 1.54) is 29.7 Å². The van der Waals surface area contributed by atoms with Crippen LogP contribution in [0.2, 0.25) is 0 Å². The molecule has 16 heavy (non-hydrogen) atoms. The third-order valence-corrected chi connectivity index (χ3v) is 3.02. The molecule has 0 spiro atoms. The standard InChI is InChI=1S/C14H24N2/c1-6-7-8-15-14-11(4)13(10(2)3)9-16-12(14)5/h9-10,15H,6-8H2,1-5H3. The van der Waals surface area contributed by atoms with Gasteiger partial charge in [0.2, 0.25) is 0 Å². The van der Waals surface area contributed by atoms with Crippen LogP contribution in [-0.2, 0) is 0 Å². The third-order valence-electron chi connectivity index (χ3n) is 3.02. The molecule has 1 aromatic heterocycles. The zero-order valence-electron chi connectivity index (χ0n) is 11.2. The van der Waals surface area contributed by atoms with E-state index in [1.807, 2.05) is 6.20 Å². The number of rotatable bonds is 5. The van der Waals surface area contributed by atoms with E-state index in [2.05, 4.69) is 44.9 Å². The van der Waals surface area contributed by atoms with Crippen molar-refractivity contribution >= 4 is 5.69 Å². The molecular formula is C14H24N2. The lowest BCUT2D eigenvalue weighted by Crippen LogP contribution is -2.08. The van der Waals surface area contributed by atoms with Gasteiger partial charge in [-0.15, -0.1) is 0 Å². The summed E-state index contributed by atoms with van der Waals surface area (Å²) in [5.74, 6) is 0.542. The Kier molecular flexibility index (Phi) is 4.78. The van der Waals surface area contributed by atoms with Gasteiger partial charge in [-0.05, 0) is 37.3 Å². The van der Waals surface area contributed by atoms with Gasteiger partial charge in [0.1, 0.15) is 0 Å². The van der Waals surface area contributed by atoms with Crippen LogP contribution in [0, 0.1) is 13.8 Å². The minimum Gasteiger partial charge on any atom is -0.383 e. The molecular weight excluding hydrogens is 196 g/mol. The zero-order chi connectivity index (χ0) is 12.1. The van der Waals surface area contributed by atoms with E-state index in [0.29, 0.717) is 5.92 Å². The summed E-state index contributed by atoms with van der Waals surface area (Å²) in [6.45, 7) is 12.0. The van der Waals surface area contributed by atoms with Crippen molar-refractivity contribution in [1.29, 1.82) is 0 Å². The van der Waals surface area contributed by atoms with Crippen LogP contribution < -0.4 is 5.32 Å². The minimum atomic E-state index is 0.542. The monoisotopic (exact) mass is 220 g/mol. The Hall–Kier alpha value is -1.05. The number of unbranched alkanes of at least 4 members (excludes halogenated alkanes) is 1. The van der Waals surface area contributed by atoms with Crippen LogP contribution in [0.25, 0.3) is 0 Å². The highest BCUT2D eigenvalue weighted by Gasteiger charge is 2.10. The van der Waals surface area contributed by atoms with Crippen molar-refractivity contribution in [3.63, 3.8) is 0 Å². The number of nitrogens with one attached hydrogen (secondary N) is 1. The molecule has 0 unspecified atom stereocenters. The predicted molar refractivity (Wildman–Crippen MR) is 71.2 cm³/mol. The van der Waals surface area contributed by atoms with Gasteiger partial charge in [0.05, 0.1) is 11.4 Å². The summed E-state index contributed by atoms with van der Waals surface area (Å²) >= 11 is 0. The highest BCUT2D eigenvalue weighted by atomic mass is 14.9. The van der Waals surface area contributed by atoms with Crippen molar-refractivity contribution < 1.29 is 0 Å². The van der Waals surface area contributed by atoms with Crippen molar-refractivity contribution in [3.8, 4) is 0 Å². The van der Waals surface area contributed by atoms with Crippen molar-refractivity contribution in [2.75, 3.05) is 11.9 Å². The van der Waals surface area contributed by atoms with Crippen LogP contribution in [0.3, 0.4) is 0 Å². The van der Waals surface area contributed by atoms with Gasteiger partial charge in [-0.25, -0.2) is 0 Å².